The second-order valence-electron chi connectivity index (χ2n) is 6.75. The zero-order valence-corrected chi connectivity index (χ0v) is 15.8. The summed E-state index contributed by atoms with van der Waals surface area (Å²) in [5, 5.41) is 2.51. The van der Waals surface area contributed by atoms with Gasteiger partial charge >= 0.3 is 0 Å². The number of nitrogens with one attached hydrogen (secondary N) is 1. The summed E-state index contributed by atoms with van der Waals surface area (Å²) in [5.41, 5.74) is 0.405. The van der Waals surface area contributed by atoms with Crippen LogP contribution in [0.25, 0.3) is 0 Å². The smallest absolute Gasteiger partial charge is 0.229 e. The van der Waals surface area contributed by atoms with E-state index in [0.717, 1.165) is 12.1 Å². The molecule has 1 aliphatic rings. The molecule has 0 spiro atoms. The number of para-hydroxylation sites is 2. The van der Waals surface area contributed by atoms with Gasteiger partial charge in [0.05, 0.1) is 18.7 Å². The standard InChI is InChI=1S/C20H21F2N3O3/c1-24(2)19-14(21)9-13(10-15(19)22)23-20(27)12-8-18(26)25(11-12)16-6-4-5-7-17(16)28-3/h4-7,9-10,12H,8,11H2,1-3H3,(H,23,27). The Morgan fingerprint density at radius 2 is 1.86 bits per heavy atom. The van der Waals surface area contributed by atoms with Crippen molar-refractivity contribution in [2.24, 2.45) is 5.92 Å². The lowest BCUT2D eigenvalue weighted by atomic mass is 10.1. The predicted molar refractivity (Wildman–Crippen MR) is 103 cm³/mol. The van der Waals surface area contributed by atoms with Crippen LogP contribution in [0, 0.1) is 17.6 Å². The lowest BCUT2D eigenvalue weighted by molar-refractivity contribution is -0.122. The molecule has 0 aromatic heterocycles. The predicted octanol–water partition coefficient (Wildman–Crippen LogP) is 3.03. The molecule has 1 saturated heterocycles. The van der Waals surface area contributed by atoms with Crippen LogP contribution in [0.2, 0.25) is 0 Å². The van der Waals surface area contributed by atoms with Gasteiger partial charge in [-0.1, -0.05) is 12.1 Å². The van der Waals surface area contributed by atoms with Crippen molar-refractivity contribution in [1.29, 1.82) is 0 Å². The number of rotatable bonds is 5. The van der Waals surface area contributed by atoms with E-state index in [9.17, 15) is 18.4 Å². The van der Waals surface area contributed by atoms with Gasteiger partial charge in [0.2, 0.25) is 11.8 Å². The van der Waals surface area contributed by atoms with Crippen molar-refractivity contribution in [3.8, 4) is 5.75 Å². The highest BCUT2D eigenvalue weighted by atomic mass is 19.1. The van der Waals surface area contributed by atoms with Crippen LogP contribution >= 0.6 is 0 Å². The van der Waals surface area contributed by atoms with E-state index in [1.54, 1.807) is 24.3 Å². The van der Waals surface area contributed by atoms with E-state index in [1.165, 1.54) is 31.0 Å². The van der Waals surface area contributed by atoms with Gasteiger partial charge in [-0.2, -0.15) is 0 Å². The number of hydrogen-bond donors (Lipinski definition) is 1. The number of methoxy groups -OCH3 is 1. The Labute approximate surface area is 161 Å². The molecular formula is C20H21F2N3O3. The van der Waals surface area contributed by atoms with Gasteiger partial charge in [0, 0.05) is 32.7 Å². The van der Waals surface area contributed by atoms with Crippen molar-refractivity contribution in [2.75, 3.05) is 42.9 Å². The van der Waals surface area contributed by atoms with Gasteiger partial charge in [-0.3, -0.25) is 9.59 Å². The molecule has 0 bridgehead atoms. The lowest BCUT2D eigenvalue weighted by Gasteiger charge is -2.19. The summed E-state index contributed by atoms with van der Waals surface area (Å²) < 4.78 is 33.5. The maximum absolute atomic E-state index is 14.1. The Morgan fingerprint density at radius 3 is 2.46 bits per heavy atom. The average Bonchev–Trinajstić information content (AvgIpc) is 3.02. The normalized spacial score (nSPS) is 16.2. The Hall–Kier alpha value is -3.16. The first-order valence-electron chi connectivity index (χ1n) is 8.72. The number of amides is 2. The van der Waals surface area contributed by atoms with E-state index in [4.69, 9.17) is 4.74 Å². The molecule has 2 aromatic carbocycles. The fraction of sp³-hybridized carbons (Fsp3) is 0.300. The van der Waals surface area contributed by atoms with Crippen molar-refractivity contribution in [1.82, 2.24) is 0 Å². The maximum Gasteiger partial charge on any atom is 0.229 e. The molecule has 8 heteroatoms. The summed E-state index contributed by atoms with van der Waals surface area (Å²) in [6.07, 6.45) is 0.00459. The molecule has 0 aliphatic carbocycles. The van der Waals surface area contributed by atoms with E-state index in [-0.39, 0.29) is 30.2 Å². The molecule has 28 heavy (non-hydrogen) atoms. The van der Waals surface area contributed by atoms with Gasteiger partial charge in [0.1, 0.15) is 11.4 Å². The van der Waals surface area contributed by atoms with Gasteiger partial charge in [0.25, 0.3) is 0 Å². The zero-order valence-electron chi connectivity index (χ0n) is 15.8. The first-order chi connectivity index (χ1) is 13.3. The van der Waals surface area contributed by atoms with Crippen LogP contribution in [0.3, 0.4) is 0 Å². The minimum atomic E-state index is -0.779. The Bertz CT molecular complexity index is 894. The molecular weight excluding hydrogens is 368 g/mol. The van der Waals surface area contributed by atoms with Gasteiger partial charge in [-0.15, -0.1) is 0 Å². The molecule has 6 nitrogen and oxygen atoms in total. The number of carbonyl (C=O) groups is 2. The van der Waals surface area contributed by atoms with Gasteiger partial charge in [-0.05, 0) is 24.3 Å². The third-order valence-electron chi connectivity index (χ3n) is 4.60. The number of ether oxygens (including phenoxy) is 1. The Kier molecular flexibility index (Phi) is 5.48. The van der Waals surface area contributed by atoms with Crippen LogP contribution in [0.5, 0.6) is 5.75 Å². The topological polar surface area (TPSA) is 61.9 Å². The second kappa shape index (κ2) is 7.84. The summed E-state index contributed by atoms with van der Waals surface area (Å²) in [6, 6.07) is 9.15. The van der Waals surface area contributed by atoms with Crippen LogP contribution in [0.1, 0.15) is 6.42 Å². The summed E-state index contributed by atoms with van der Waals surface area (Å²) >= 11 is 0. The summed E-state index contributed by atoms with van der Waals surface area (Å²) in [7, 11) is 4.55. The van der Waals surface area contributed by atoms with E-state index < -0.39 is 23.5 Å². The molecule has 1 aliphatic heterocycles. The Morgan fingerprint density at radius 1 is 1.21 bits per heavy atom. The van der Waals surface area contributed by atoms with Crippen molar-refractivity contribution in [2.45, 2.75) is 6.42 Å². The van der Waals surface area contributed by atoms with Crippen LogP contribution in [-0.2, 0) is 9.59 Å². The van der Waals surface area contributed by atoms with Gasteiger partial charge in [-0.25, -0.2) is 8.78 Å². The molecule has 1 unspecified atom stereocenters. The highest BCUT2D eigenvalue weighted by Gasteiger charge is 2.36. The van der Waals surface area contributed by atoms with E-state index >= 15 is 0 Å². The monoisotopic (exact) mass is 389 g/mol. The molecule has 1 fully saturated rings. The van der Waals surface area contributed by atoms with Gasteiger partial charge in [0.15, 0.2) is 11.6 Å². The zero-order chi connectivity index (χ0) is 20.4. The first kappa shape index (κ1) is 19.6. The SMILES string of the molecule is COc1ccccc1N1CC(C(=O)Nc2cc(F)c(N(C)C)c(F)c2)CC1=O. The second-order valence-corrected chi connectivity index (χ2v) is 6.75. The molecule has 0 saturated carbocycles. The first-order valence-corrected chi connectivity index (χ1v) is 8.72. The fourth-order valence-electron chi connectivity index (χ4n) is 3.28. The van der Waals surface area contributed by atoms with Crippen molar-refractivity contribution in [3.63, 3.8) is 0 Å². The van der Waals surface area contributed by atoms with Crippen LogP contribution in [0.15, 0.2) is 36.4 Å². The van der Waals surface area contributed by atoms with Crippen molar-refractivity contribution in [3.05, 3.63) is 48.0 Å². The number of benzene rings is 2. The van der Waals surface area contributed by atoms with E-state index in [2.05, 4.69) is 5.32 Å². The number of anilines is 3. The van der Waals surface area contributed by atoms with E-state index in [0.29, 0.717) is 11.4 Å². The lowest BCUT2D eigenvalue weighted by Crippen LogP contribution is -2.28. The van der Waals surface area contributed by atoms with Crippen molar-refractivity contribution >= 4 is 28.9 Å². The summed E-state index contributed by atoms with van der Waals surface area (Å²) in [6.45, 7) is 0.159. The minimum absolute atomic E-state index is 0.00459. The highest BCUT2D eigenvalue weighted by molar-refractivity contribution is 6.04. The third kappa shape index (κ3) is 3.76. The number of nitrogens with zero attached hydrogens (tertiary/aromatic N) is 2. The molecule has 3 rings (SSSR count). The van der Waals surface area contributed by atoms with Crippen LogP contribution in [-0.4, -0.2) is 39.6 Å². The maximum atomic E-state index is 14.1. The number of hydrogen-bond acceptors (Lipinski definition) is 4. The van der Waals surface area contributed by atoms with E-state index in [1.807, 2.05) is 0 Å². The highest BCUT2D eigenvalue weighted by Crippen LogP contribution is 2.33. The molecule has 1 heterocycles. The molecule has 2 amide bonds. The summed E-state index contributed by atoms with van der Waals surface area (Å²) in [4.78, 5) is 27.8. The molecule has 1 N–H and O–H groups in total. The number of carbonyl (C=O) groups excluding carboxylic acids is 2. The molecule has 1 atom stereocenters. The quantitative estimate of drug-likeness (QED) is 0.854. The third-order valence-corrected chi connectivity index (χ3v) is 4.60. The minimum Gasteiger partial charge on any atom is -0.495 e. The number of halogens is 2. The largest absolute Gasteiger partial charge is 0.495 e. The van der Waals surface area contributed by atoms with Crippen LogP contribution < -0.4 is 19.9 Å². The van der Waals surface area contributed by atoms with Crippen molar-refractivity contribution < 1.29 is 23.1 Å². The van der Waals surface area contributed by atoms with Crippen LogP contribution in [0.4, 0.5) is 25.8 Å². The Balaban J connectivity index is 1.75. The fourth-order valence-corrected chi connectivity index (χ4v) is 3.28. The van der Waals surface area contributed by atoms with Gasteiger partial charge < -0.3 is 19.9 Å². The average molecular weight is 389 g/mol. The molecule has 148 valence electrons. The molecule has 2 aromatic rings. The summed E-state index contributed by atoms with van der Waals surface area (Å²) in [5.74, 6) is -2.36. The molecule has 0 radical (unpaired) electrons.